The van der Waals surface area contributed by atoms with E-state index in [0.717, 1.165) is 24.1 Å². The fourth-order valence-electron chi connectivity index (χ4n) is 3.77. The second-order valence-electron chi connectivity index (χ2n) is 9.03. The standard InChI is InChI=1S/C26H34ClN3O4/c1-6-7-14-28-26(32)34-25-21-15-19(27)10-13-22(21)33-23(17(2)3)24(31)30(25)16-18-8-11-20(12-9-18)29(4)5/h8-13,15,17,23,25H,6-7,14,16H2,1-5H3,(H,28,32). The van der Waals surface area contributed by atoms with E-state index in [0.29, 0.717) is 22.9 Å². The number of ether oxygens (including phenoxy) is 2. The minimum atomic E-state index is -0.986. The van der Waals surface area contributed by atoms with Gasteiger partial charge in [-0.05, 0) is 48.2 Å². The van der Waals surface area contributed by atoms with Gasteiger partial charge in [0.1, 0.15) is 5.75 Å². The Bertz CT molecular complexity index is 994. The number of halogens is 1. The average Bonchev–Trinajstić information content (AvgIpc) is 2.90. The molecule has 3 rings (SSSR count). The van der Waals surface area contributed by atoms with Crippen LogP contribution >= 0.6 is 11.6 Å². The summed E-state index contributed by atoms with van der Waals surface area (Å²) < 4.78 is 12.0. The number of fused-ring (bicyclic) bond motifs is 1. The summed E-state index contributed by atoms with van der Waals surface area (Å²) in [7, 11) is 3.94. The summed E-state index contributed by atoms with van der Waals surface area (Å²) >= 11 is 6.30. The molecule has 0 saturated heterocycles. The third-order valence-electron chi connectivity index (χ3n) is 5.73. The number of alkyl carbamates (subject to hydrolysis) is 1. The van der Waals surface area contributed by atoms with Crippen molar-refractivity contribution in [2.45, 2.75) is 52.5 Å². The van der Waals surface area contributed by atoms with Gasteiger partial charge in [-0.15, -0.1) is 0 Å². The summed E-state index contributed by atoms with van der Waals surface area (Å²) in [6, 6.07) is 13.0. The first-order chi connectivity index (χ1) is 16.2. The van der Waals surface area contributed by atoms with E-state index in [-0.39, 0.29) is 18.4 Å². The predicted molar refractivity (Wildman–Crippen MR) is 134 cm³/mol. The molecule has 8 heteroatoms. The molecule has 2 atom stereocenters. The molecule has 2 unspecified atom stereocenters. The second kappa shape index (κ2) is 11.5. The highest BCUT2D eigenvalue weighted by Crippen LogP contribution is 2.38. The maximum atomic E-state index is 13.7. The summed E-state index contributed by atoms with van der Waals surface area (Å²) in [5.74, 6) is 0.144. The van der Waals surface area contributed by atoms with Gasteiger partial charge in [0.2, 0.25) is 6.23 Å². The molecule has 184 valence electrons. The number of hydrogen-bond acceptors (Lipinski definition) is 5. The zero-order valence-corrected chi connectivity index (χ0v) is 21.3. The van der Waals surface area contributed by atoms with E-state index >= 15 is 0 Å². The van der Waals surface area contributed by atoms with E-state index in [1.165, 1.54) is 0 Å². The van der Waals surface area contributed by atoms with Gasteiger partial charge in [-0.25, -0.2) is 4.79 Å². The molecule has 2 aromatic carbocycles. The summed E-state index contributed by atoms with van der Waals surface area (Å²) in [6.07, 6.45) is -0.521. The first kappa shape index (κ1) is 25.7. The number of amides is 2. The topological polar surface area (TPSA) is 71.1 Å². The summed E-state index contributed by atoms with van der Waals surface area (Å²) in [5, 5.41) is 3.24. The first-order valence-corrected chi connectivity index (χ1v) is 12.1. The lowest BCUT2D eigenvalue weighted by Crippen LogP contribution is -2.45. The van der Waals surface area contributed by atoms with Gasteiger partial charge in [0.25, 0.3) is 5.91 Å². The highest BCUT2D eigenvalue weighted by molar-refractivity contribution is 6.30. The van der Waals surface area contributed by atoms with Gasteiger partial charge in [-0.2, -0.15) is 0 Å². The van der Waals surface area contributed by atoms with Crippen LogP contribution < -0.4 is 15.0 Å². The van der Waals surface area contributed by atoms with Crippen molar-refractivity contribution in [1.82, 2.24) is 10.2 Å². The lowest BCUT2D eigenvalue weighted by atomic mass is 10.1. The number of hydrogen-bond donors (Lipinski definition) is 1. The van der Waals surface area contributed by atoms with Crippen LogP contribution in [0.25, 0.3) is 0 Å². The van der Waals surface area contributed by atoms with Crippen LogP contribution in [0.2, 0.25) is 5.02 Å². The highest BCUT2D eigenvalue weighted by atomic mass is 35.5. The molecule has 34 heavy (non-hydrogen) atoms. The van der Waals surface area contributed by atoms with Crippen LogP contribution in [0.5, 0.6) is 5.75 Å². The molecule has 1 aliphatic heterocycles. The molecule has 1 aliphatic rings. The van der Waals surface area contributed by atoms with E-state index < -0.39 is 18.4 Å². The molecule has 0 aromatic heterocycles. The van der Waals surface area contributed by atoms with Crippen molar-refractivity contribution in [2.24, 2.45) is 5.92 Å². The molecule has 7 nitrogen and oxygen atoms in total. The van der Waals surface area contributed by atoms with E-state index in [9.17, 15) is 9.59 Å². The number of benzene rings is 2. The summed E-state index contributed by atoms with van der Waals surface area (Å²) in [4.78, 5) is 30.0. The van der Waals surface area contributed by atoms with Gasteiger partial charge in [0.05, 0.1) is 5.56 Å². The Morgan fingerprint density at radius 3 is 2.53 bits per heavy atom. The van der Waals surface area contributed by atoms with Crippen molar-refractivity contribution < 1.29 is 19.1 Å². The number of carbonyl (C=O) groups excluding carboxylic acids is 2. The fraction of sp³-hybridized carbons (Fsp3) is 0.462. The van der Waals surface area contributed by atoms with Crippen LogP contribution in [0.1, 0.15) is 51.0 Å². The second-order valence-corrected chi connectivity index (χ2v) is 9.47. The number of carbonyl (C=O) groups is 2. The predicted octanol–water partition coefficient (Wildman–Crippen LogP) is 5.38. The molecule has 2 aromatic rings. The first-order valence-electron chi connectivity index (χ1n) is 11.7. The molecular weight excluding hydrogens is 454 g/mol. The molecule has 1 N–H and O–H groups in total. The molecule has 2 amide bonds. The Morgan fingerprint density at radius 2 is 1.91 bits per heavy atom. The van der Waals surface area contributed by atoms with Gasteiger partial charge in [0.15, 0.2) is 6.10 Å². The minimum absolute atomic E-state index is 0.0909. The van der Waals surface area contributed by atoms with E-state index in [1.807, 2.05) is 64.0 Å². The summed E-state index contributed by atoms with van der Waals surface area (Å²) in [6.45, 7) is 6.65. The maximum Gasteiger partial charge on any atom is 0.409 e. The van der Waals surface area contributed by atoms with Crippen molar-refractivity contribution in [2.75, 3.05) is 25.5 Å². The molecule has 1 heterocycles. The Hall–Kier alpha value is -2.93. The van der Waals surface area contributed by atoms with Gasteiger partial charge < -0.3 is 19.7 Å². The third kappa shape index (κ3) is 6.14. The molecular formula is C26H34ClN3O4. The number of unbranched alkanes of at least 4 members (excludes halogenated alkanes) is 1. The molecule has 0 saturated carbocycles. The van der Waals surface area contributed by atoms with Crippen LogP contribution in [0, 0.1) is 5.92 Å². The lowest BCUT2D eigenvalue weighted by molar-refractivity contribution is -0.150. The number of nitrogens with zero attached hydrogens (tertiary/aromatic N) is 2. The van der Waals surface area contributed by atoms with Crippen molar-refractivity contribution >= 4 is 29.3 Å². The highest BCUT2D eigenvalue weighted by Gasteiger charge is 2.40. The SMILES string of the molecule is CCCCNC(=O)OC1c2cc(Cl)ccc2OC(C(C)C)C(=O)N1Cc1ccc(N(C)C)cc1. The molecule has 0 radical (unpaired) electrons. The Balaban J connectivity index is 2.01. The Morgan fingerprint density at radius 1 is 1.21 bits per heavy atom. The van der Waals surface area contributed by atoms with Crippen LogP contribution in [-0.4, -0.2) is 43.6 Å². The van der Waals surface area contributed by atoms with Crippen LogP contribution in [0.15, 0.2) is 42.5 Å². The largest absolute Gasteiger partial charge is 0.480 e. The van der Waals surface area contributed by atoms with E-state index in [2.05, 4.69) is 5.32 Å². The quantitative estimate of drug-likeness (QED) is 0.506. The normalized spacial score (nSPS) is 17.6. The van der Waals surface area contributed by atoms with Crippen LogP contribution in [0.4, 0.5) is 10.5 Å². The van der Waals surface area contributed by atoms with Crippen molar-refractivity contribution in [3.8, 4) is 5.75 Å². The zero-order chi connectivity index (χ0) is 24.8. The van der Waals surface area contributed by atoms with Crippen LogP contribution in [0.3, 0.4) is 0 Å². The van der Waals surface area contributed by atoms with Crippen molar-refractivity contribution in [3.05, 3.63) is 58.6 Å². The fourth-order valence-corrected chi connectivity index (χ4v) is 3.95. The Kier molecular flexibility index (Phi) is 8.67. The molecule has 0 fully saturated rings. The average molecular weight is 488 g/mol. The van der Waals surface area contributed by atoms with Gasteiger partial charge >= 0.3 is 6.09 Å². The van der Waals surface area contributed by atoms with Gasteiger partial charge in [-0.3, -0.25) is 9.69 Å². The number of anilines is 1. The summed E-state index contributed by atoms with van der Waals surface area (Å²) in [5.41, 5.74) is 2.50. The van der Waals surface area contributed by atoms with Gasteiger partial charge in [-0.1, -0.05) is 50.9 Å². The number of nitrogens with one attached hydrogen (secondary N) is 1. The molecule has 0 bridgehead atoms. The number of rotatable bonds is 8. The Labute approximate surface area is 207 Å². The lowest BCUT2D eigenvalue weighted by Gasteiger charge is -2.31. The van der Waals surface area contributed by atoms with Crippen molar-refractivity contribution in [3.63, 3.8) is 0 Å². The zero-order valence-electron chi connectivity index (χ0n) is 20.5. The minimum Gasteiger partial charge on any atom is -0.480 e. The van der Waals surface area contributed by atoms with E-state index in [1.54, 1.807) is 23.1 Å². The molecule has 0 spiro atoms. The van der Waals surface area contributed by atoms with Crippen LogP contribution in [-0.2, 0) is 16.1 Å². The monoisotopic (exact) mass is 487 g/mol. The smallest absolute Gasteiger partial charge is 0.409 e. The van der Waals surface area contributed by atoms with Crippen molar-refractivity contribution in [1.29, 1.82) is 0 Å². The third-order valence-corrected chi connectivity index (χ3v) is 5.97. The maximum absolute atomic E-state index is 13.7. The molecule has 0 aliphatic carbocycles. The van der Waals surface area contributed by atoms with E-state index in [4.69, 9.17) is 21.1 Å². The van der Waals surface area contributed by atoms with Gasteiger partial charge in [0, 0.05) is 37.9 Å².